The highest BCUT2D eigenvalue weighted by Crippen LogP contribution is 2.35. The highest BCUT2D eigenvalue weighted by molar-refractivity contribution is 6.30. The maximum atomic E-state index is 13.0. The molecule has 3 rings (SSSR count). The van der Waals surface area contributed by atoms with Gasteiger partial charge >= 0.3 is 6.03 Å². The zero-order chi connectivity index (χ0) is 19.8. The van der Waals surface area contributed by atoms with Crippen LogP contribution in [0.5, 0.6) is 0 Å². The fourth-order valence-electron chi connectivity index (χ4n) is 3.97. The summed E-state index contributed by atoms with van der Waals surface area (Å²) in [6.45, 7) is 2.32. The second-order valence-corrected chi connectivity index (χ2v) is 8.20. The van der Waals surface area contributed by atoms with Crippen LogP contribution in [-0.4, -0.2) is 91.3 Å². The van der Waals surface area contributed by atoms with E-state index >= 15 is 0 Å². The molecule has 8 heteroatoms. The normalized spacial score (nSPS) is 23.0. The number of nitrogens with zero attached hydrogens (tertiary/aromatic N) is 4. The molecule has 27 heavy (non-hydrogen) atoms. The van der Waals surface area contributed by atoms with Gasteiger partial charge in [0.25, 0.3) is 5.91 Å². The molecule has 4 amide bonds. The third kappa shape index (κ3) is 4.03. The van der Waals surface area contributed by atoms with Crippen molar-refractivity contribution < 1.29 is 14.4 Å². The highest BCUT2D eigenvalue weighted by Gasteiger charge is 2.47. The van der Waals surface area contributed by atoms with Gasteiger partial charge in [0.05, 0.1) is 0 Å². The molecule has 0 radical (unpaired) electrons. The molecule has 1 aromatic carbocycles. The van der Waals surface area contributed by atoms with Gasteiger partial charge in [-0.05, 0) is 24.3 Å². The lowest BCUT2D eigenvalue weighted by atomic mass is 9.86. The van der Waals surface area contributed by atoms with Crippen LogP contribution in [0.3, 0.4) is 0 Å². The summed E-state index contributed by atoms with van der Waals surface area (Å²) in [5, 5.41) is 0.574. The lowest BCUT2D eigenvalue weighted by molar-refractivity contribution is -0.126. The maximum Gasteiger partial charge on any atom is 0.319 e. The fourth-order valence-corrected chi connectivity index (χ4v) is 4.09. The predicted molar refractivity (Wildman–Crippen MR) is 103 cm³/mol. The molecule has 0 bridgehead atoms. The van der Waals surface area contributed by atoms with Gasteiger partial charge in [-0.15, -0.1) is 0 Å². The van der Waals surface area contributed by atoms with Gasteiger partial charge in [-0.2, -0.15) is 0 Å². The molecule has 0 aliphatic carbocycles. The Balaban J connectivity index is 1.88. The summed E-state index contributed by atoms with van der Waals surface area (Å²) in [6, 6.07) is 6.69. The van der Waals surface area contributed by atoms with Gasteiger partial charge in [0.2, 0.25) is 5.91 Å². The number of hydrogen-bond donors (Lipinski definition) is 0. The first-order valence-electron chi connectivity index (χ1n) is 8.96. The van der Waals surface area contributed by atoms with Crippen LogP contribution in [-0.2, 0) is 4.79 Å². The Morgan fingerprint density at radius 2 is 1.63 bits per heavy atom. The number of carbonyl (C=O) groups excluding carboxylic acids is 3. The van der Waals surface area contributed by atoms with E-state index in [1.165, 1.54) is 4.90 Å². The predicted octanol–water partition coefficient (Wildman–Crippen LogP) is 1.63. The Labute approximate surface area is 164 Å². The van der Waals surface area contributed by atoms with Gasteiger partial charge in [0.15, 0.2) is 0 Å². The van der Waals surface area contributed by atoms with Gasteiger partial charge in [-0.1, -0.05) is 11.6 Å². The largest absolute Gasteiger partial charge is 0.345 e. The van der Waals surface area contributed by atoms with E-state index in [4.69, 9.17) is 11.6 Å². The van der Waals surface area contributed by atoms with E-state index in [9.17, 15) is 14.4 Å². The summed E-state index contributed by atoms with van der Waals surface area (Å²) < 4.78 is 0. The second kappa shape index (κ2) is 7.38. The van der Waals surface area contributed by atoms with Crippen LogP contribution < -0.4 is 0 Å². The molecule has 2 aliphatic rings. The number of halogens is 1. The Hall–Kier alpha value is -2.28. The Kier molecular flexibility index (Phi) is 5.33. The molecule has 1 spiro atoms. The quantitative estimate of drug-likeness (QED) is 0.729. The zero-order valence-corrected chi connectivity index (χ0v) is 16.7. The minimum absolute atomic E-state index is 0.0491. The molecular formula is C19H25ClN4O3. The third-order valence-electron chi connectivity index (χ3n) is 5.25. The van der Waals surface area contributed by atoms with Crippen LogP contribution in [0.2, 0.25) is 5.02 Å². The molecule has 0 unspecified atom stereocenters. The van der Waals surface area contributed by atoms with Crippen molar-refractivity contribution in [2.75, 3.05) is 53.9 Å². The number of amides is 4. The van der Waals surface area contributed by atoms with Crippen molar-refractivity contribution in [3.05, 3.63) is 34.9 Å². The van der Waals surface area contributed by atoms with E-state index in [1.54, 1.807) is 60.1 Å². The van der Waals surface area contributed by atoms with Gasteiger partial charge < -0.3 is 19.6 Å². The number of urea groups is 1. The van der Waals surface area contributed by atoms with E-state index in [2.05, 4.69) is 0 Å². The molecule has 1 aromatic rings. The van der Waals surface area contributed by atoms with Crippen LogP contribution in [0, 0.1) is 5.41 Å². The molecule has 1 atom stereocenters. The van der Waals surface area contributed by atoms with Gasteiger partial charge in [0, 0.05) is 76.3 Å². The van der Waals surface area contributed by atoms with E-state index in [0.29, 0.717) is 49.7 Å². The molecule has 0 N–H and O–H groups in total. The van der Waals surface area contributed by atoms with Gasteiger partial charge in [0.1, 0.15) is 0 Å². The number of hydrogen-bond acceptors (Lipinski definition) is 3. The summed E-state index contributed by atoms with van der Waals surface area (Å²) in [5.74, 6) is -0.0553. The smallest absolute Gasteiger partial charge is 0.319 e. The first-order valence-corrected chi connectivity index (χ1v) is 9.34. The number of likely N-dealkylation sites (tertiary alicyclic amines) is 1. The minimum atomic E-state index is -0.448. The first-order chi connectivity index (χ1) is 12.7. The monoisotopic (exact) mass is 392 g/mol. The molecule has 2 fully saturated rings. The summed E-state index contributed by atoms with van der Waals surface area (Å²) in [5.41, 5.74) is 0.107. The summed E-state index contributed by atoms with van der Waals surface area (Å²) >= 11 is 5.93. The van der Waals surface area contributed by atoms with Crippen molar-refractivity contribution in [1.82, 2.24) is 19.6 Å². The molecule has 0 aromatic heterocycles. The molecule has 7 nitrogen and oxygen atoms in total. The average molecular weight is 393 g/mol. The standard InChI is InChI=1S/C19H25ClN4O3/c1-21(2)18(27)24-9-8-23(17(26)14-4-6-15(20)7-5-14)12-19(13-24)10-16(25)22(3)11-19/h4-7H,8-13H2,1-3H3/t19-/m1/s1. The number of benzene rings is 1. The van der Waals surface area contributed by atoms with Gasteiger partial charge in [-0.3, -0.25) is 9.59 Å². The Morgan fingerprint density at radius 3 is 2.19 bits per heavy atom. The lowest BCUT2D eigenvalue weighted by Gasteiger charge is -2.34. The van der Waals surface area contributed by atoms with E-state index in [0.717, 1.165) is 0 Å². The van der Waals surface area contributed by atoms with E-state index < -0.39 is 5.41 Å². The molecule has 2 aliphatic heterocycles. The SMILES string of the molecule is CN(C)C(=O)N1CCN(C(=O)c2ccc(Cl)cc2)C[C@]2(CC(=O)N(C)C2)C1. The van der Waals surface area contributed by atoms with Crippen LogP contribution >= 0.6 is 11.6 Å². The van der Waals surface area contributed by atoms with Crippen LogP contribution in [0.4, 0.5) is 4.79 Å². The topological polar surface area (TPSA) is 64.2 Å². The highest BCUT2D eigenvalue weighted by atomic mass is 35.5. The Bertz CT molecular complexity index is 752. The summed E-state index contributed by atoms with van der Waals surface area (Å²) in [6.07, 6.45) is 0.338. The van der Waals surface area contributed by atoms with Crippen LogP contribution in [0.15, 0.2) is 24.3 Å². The van der Waals surface area contributed by atoms with Crippen molar-refractivity contribution in [3.63, 3.8) is 0 Å². The van der Waals surface area contributed by atoms with Crippen LogP contribution in [0.25, 0.3) is 0 Å². The van der Waals surface area contributed by atoms with Crippen molar-refractivity contribution in [2.24, 2.45) is 5.41 Å². The molecule has 0 saturated carbocycles. The Morgan fingerprint density at radius 1 is 1.04 bits per heavy atom. The summed E-state index contributed by atoms with van der Waals surface area (Å²) in [7, 11) is 5.19. The molecular weight excluding hydrogens is 368 g/mol. The first kappa shape index (κ1) is 19.5. The minimum Gasteiger partial charge on any atom is -0.345 e. The maximum absolute atomic E-state index is 13.0. The van der Waals surface area contributed by atoms with Crippen molar-refractivity contribution in [3.8, 4) is 0 Å². The average Bonchev–Trinajstić information content (AvgIpc) is 2.79. The van der Waals surface area contributed by atoms with Crippen molar-refractivity contribution >= 4 is 29.4 Å². The fraction of sp³-hybridized carbons (Fsp3) is 0.526. The summed E-state index contributed by atoms with van der Waals surface area (Å²) in [4.78, 5) is 44.6. The molecule has 146 valence electrons. The van der Waals surface area contributed by atoms with Crippen molar-refractivity contribution in [2.45, 2.75) is 6.42 Å². The third-order valence-corrected chi connectivity index (χ3v) is 5.50. The van der Waals surface area contributed by atoms with E-state index in [-0.39, 0.29) is 17.8 Å². The zero-order valence-electron chi connectivity index (χ0n) is 15.9. The number of carbonyl (C=O) groups is 3. The van der Waals surface area contributed by atoms with Gasteiger partial charge in [-0.25, -0.2) is 4.79 Å². The molecule has 2 heterocycles. The number of rotatable bonds is 1. The van der Waals surface area contributed by atoms with Crippen LogP contribution in [0.1, 0.15) is 16.8 Å². The van der Waals surface area contributed by atoms with Crippen molar-refractivity contribution in [1.29, 1.82) is 0 Å². The van der Waals surface area contributed by atoms with E-state index in [1.807, 2.05) is 0 Å². The second-order valence-electron chi connectivity index (χ2n) is 7.76. The molecule has 2 saturated heterocycles. The lowest BCUT2D eigenvalue weighted by Crippen LogP contribution is -2.47.